The average molecular weight is 327 g/mol. The van der Waals surface area contributed by atoms with Gasteiger partial charge in [-0.05, 0) is 38.4 Å². The van der Waals surface area contributed by atoms with E-state index < -0.39 is 0 Å². The molecule has 0 bridgehead atoms. The molecule has 120 valence electrons. The van der Waals surface area contributed by atoms with Gasteiger partial charge in [0.2, 0.25) is 11.9 Å². The van der Waals surface area contributed by atoms with Crippen LogP contribution in [0.5, 0.6) is 0 Å². The van der Waals surface area contributed by atoms with Gasteiger partial charge < -0.3 is 9.88 Å². The van der Waals surface area contributed by atoms with Crippen LogP contribution in [0.4, 0.5) is 10.3 Å². The summed E-state index contributed by atoms with van der Waals surface area (Å²) >= 11 is 0. The van der Waals surface area contributed by atoms with Gasteiger partial charge in [-0.3, -0.25) is 10.1 Å². The molecule has 1 aliphatic rings. The number of aromatic nitrogens is 2. The van der Waals surface area contributed by atoms with Crippen molar-refractivity contribution in [1.82, 2.24) is 14.9 Å². The average Bonchev–Trinajstić information content (AvgIpc) is 2.74. The Kier molecular flexibility index (Phi) is 5.03. The summed E-state index contributed by atoms with van der Waals surface area (Å²) in [7, 11) is 1.81. The summed E-state index contributed by atoms with van der Waals surface area (Å²) < 4.78 is 15.0. The zero-order valence-electron chi connectivity index (χ0n) is 12.6. The third-order valence-electron chi connectivity index (χ3n) is 4.07. The second-order valence-electron chi connectivity index (χ2n) is 5.69. The van der Waals surface area contributed by atoms with Crippen molar-refractivity contribution in [3.05, 3.63) is 24.0 Å². The zero-order valence-corrected chi connectivity index (χ0v) is 13.4. The number of anilines is 1. The Hall–Kier alpha value is -1.66. The van der Waals surface area contributed by atoms with Gasteiger partial charge in [-0.25, -0.2) is 9.37 Å². The molecule has 7 heteroatoms. The van der Waals surface area contributed by atoms with E-state index in [9.17, 15) is 9.18 Å². The van der Waals surface area contributed by atoms with Gasteiger partial charge >= 0.3 is 0 Å². The fourth-order valence-corrected chi connectivity index (χ4v) is 2.87. The van der Waals surface area contributed by atoms with Crippen LogP contribution >= 0.6 is 12.4 Å². The number of hydrogen-bond donors (Lipinski definition) is 2. The number of fused-ring (bicyclic) bond motifs is 1. The van der Waals surface area contributed by atoms with Crippen LogP contribution in [0, 0.1) is 11.7 Å². The molecule has 1 fully saturated rings. The standard InChI is InChI=1S/C15H19FN4O.ClH/c1-9-7-10(5-6-17-9)14(21)19-15-18-12-8-11(16)3-4-13(12)20(15)2;/h3-4,8-10,17H,5-7H2,1-2H3,(H,18,19,21);1H/t9-,10-;/m0./s1. The quantitative estimate of drug-likeness (QED) is 0.891. The van der Waals surface area contributed by atoms with Crippen molar-refractivity contribution in [3.63, 3.8) is 0 Å². The molecule has 1 aromatic carbocycles. The van der Waals surface area contributed by atoms with Crippen LogP contribution < -0.4 is 10.6 Å². The predicted octanol–water partition coefficient (Wildman–Crippen LogP) is 2.46. The van der Waals surface area contributed by atoms with Crippen molar-refractivity contribution in [2.75, 3.05) is 11.9 Å². The van der Waals surface area contributed by atoms with Crippen molar-refractivity contribution >= 4 is 35.3 Å². The Bertz CT molecular complexity index is 687. The predicted molar refractivity (Wildman–Crippen MR) is 86.7 cm³/mol. The van der Waals surface area contributed by atoms with Crippen molar-refractivity contribution < 1.29 is 9.18 Å². The van der Waals surface area contributed by atoms with Gasteiger partial charge in [0.15, 0.2) is 0 Å². The van der Waals surface area contributed by atoms with Crippen LogP contribution in [0.3, 0.4) is 0 Å². The van der Waals surface area contributed by atoms with Gasteiger partial charge in [-0.15, -0.1) is 12.4 Å². The lowest BCUT2D eigenvalue weighted by Gasteiger charge is -2.26. The molecule has 0 spiro atoms. The number of rotatable bonds is 2. The van der Waals surface area contributed by atoms with E-state index in [4.69, 9.17) is 0 Å². The summed E-state index contributed by atoms with van der Waals surface area (Å²) in [5.41, 5.74) is 1.34. The lowest BCUT2D eigenvalue weighted by Crippen LogP contribution is -2.40. The maximum absolute atomic E-state index is 13.2. The van der Waals surface area contributed by atoms with Crippen LogP contribution in [0.2, 0.25) is 0 Å². The summed E-state index contributed by atoms with van der Waals surface area (Å²) in [6.07, 6.45) is 1.65. The molecule has 0 saturated carbocycles. The van der Waals surface area contributed by atoms with Crippen LogP contribution in [0.15, 0.2) is 18.2 Å². The topological polar surface area (TPSA) is 59.0 Å². The molecule has 2 heterocycles. The van der Waals surface area contributed by atoms with Gasteiger partial charge in [-0.2, -0.15) is 0 Å². The van der Waals surface area contributed by atoms with E-state index >= 15 is 0 Å². The molecule has 1 aliphatic heterocycles. The van der Waals surface area contributed by atoms with Crippen molar-refractivity contribution in [2.45, 2.75) is 25.8 Å². The second-order valence-corrected chi connectivity index (χ2v) is 5.69. The molecule has 1 amide bonds. The minimum absolute atomic E-state index is 0. The van der Waals surface area contributed by atoms with E-state index in [1.807, 2.05) is 7.05 Å². The van der Waals surface area contributed by atoms with E-state index in [0.717, 1.165) is 24.9 Å². The molecule has 3 rings (SSSR count). The lowest BCUT2D eigenvalue weighted by atomic mass is 9.92. The largest absolute Gasteiger partial charge is 0.314 e. The number of benzene rings is 1. The highest BCUT2D eigenvalue weighted by Gasteiger charge is 2.25. The number of carbonyl (C=O) groups excluding carboxylic acids is 1. The molecule has 2 aromatic rings. The van der Waals surface area contributed by atoms with Crippen molar-refractivity contribution in [1.29, 1.82) is 0 Å². The first-order valence-electron chi connectivity index (χ1n) is 7.21. The molecule has 2 atom stereocenters. The van der Waals surface area contributed by atoms with E-state index in [-0.39, 0.29) is 30.0 Å². The normalized spacial score (nSPS) is 21.4. The fourth-order valence-electron chi connectivity index (χ4n) is 2.87. The van der Waals surface area contributed by atoms with E-state index in [0.29, 0.717) is 17.5 Å². The molecule has 0 aliphatic carbocycles. The number of imidazole rings is 1. The molecular weight excluding hydrogens is 307 g/mol. The number of amides is 1. The first-order valence-corrected chi connectivity index (χ1v) is 7.21. The van der Waals surface area contributed by atoms with E-state index in [1.165, 1.54) is 12.1 Å². The van der Waals surface area contributed by atoms with E-state index in [1.54, 1.807) is 10.6 Å². The number of aryl methyl sites for hydroxylation is 1. The monoisotopic (exact) mass is 326 g/mol. The molecule has 0 unspecified atom stereocenters. The van der Waals surface area contributed by atoms with Gasteiger partial charge in [0.25, 0.3) is 0 Å². The highest BCUT2D eigenvalue weighted by molar-refractivity contribution is 5.93. The van der Waals surface area contributed by atoms with Gasteiger partial charge in [0, 0.05) is 25.1 Å². The van der Waals surface area contributed by atoms with Crippen molar-refractivity contribution in [2.24, 2.45) is 13.0 Å². The Labute approximate surface area is 134 Å². The molecule has 5 nitrogen and oxygen atoms in total. The lowest BCUT2D eigenvalue weighted by molar-refractivity contribution is -0.120. The number of carbonyl (C=O) groups is 1. The van der Waals surface area contributed by atoms with E-state index in [2.05, 4.69) is 22.5 Å². The minimum atomic E-state index is -0.328. The summed E-state index contributed by atoms with van der Waals surface area (Å²) in [5, 5.41) is 6.20. The van der Waals surface area contributed by atoms with Crippen molar-refractivity contribution in [3.8, 4) is 0 Å². The molecule has 1 aromatic heterocycles. The van der Waals surface area contributed by atoms with Crippen LogP contribution in [-0.2, 0) is 11.8 Å². The summed E-state index contributed by atoms with van der Waals surface area (Å²) in [4.78, 5) is 16.6. The Morgan fingerprint density at radius 1 is 1.50 bits per heavy atom. The number of nitrogens with one attached hydrogen (secondary N) is 2. The highest BCUT2D eigenvalue weighted by Crippen LogP contribution is 2.22. The smallest absolute Gasteiger partial charge is 0.229 e. The van der Waals surface area contributed by atoms with Crippen LogP contribution in [-0.4, -0.2) is 28.0 Å². The maximum Gasteiger partial charge on any atom is 0.229 e. The molecule has 2 N–H and O–H groups in total. The second kappa shape index (κ2) is 6.62. The summed E-state index contributed by atoms with van der Waals surface area (Å²) in [6, 6.07) is 4.78. The molecule has 0 radical (unpaired) electrons. The summed E-state index contributed by atoms with van der Waals surface area (Å²) in [6.45, 7) is 2.93. The Morgan fingerprint density at radius 2 is 2.27 bits per heavy atom. The van der Waals surface area contributed by atoms with Gasteiger partial charge in [0.05, 0.1) is 11.0 Å². The number of piperidine rings is 1. The zero-order chi connectivity index (χ0) is 15.0. The fraction of sp³-hybridized carbons (Fsp3) is 0.467. The maximum atomic E-state index is 13.2. The van der Waals surface area contributed by atoms with Crippen LogP contribution in [0.1, 0.15) is 19.8 Å². The van der Waals surface area contributed by atoms with Gasteiger partial charge in [-0.1, -0.05) is 0 Å². The number of hydrogen-bond acceptors (Lipinski definition) is 3. The molecule has 1 saturated heterocycles. The Balaban J connectivity index is 0.00000176. The summed E-state index contributed by atoms with van der Waals surface area (Å²) in [5.74, 6) is 0.123. The third-order valence-corrected chi connectivity index (χ3v) is 4.07. The highest BCUT2D eigenvalue weighted by atomic mass is 35.5. The van der Waals surface area contributed by atoms with Gasteiger partial charge in [0.1, 0.15) is 5.82 Å². The van der Waals surface area contributed by atoms with Crippen LogP contribution in [0.25, 0.3) is 11.0 Å². The third kappa shape index (κ3) is 3.23. The molecular formula is C15H20ClFN4O. The first kappa shape index (κ1) is 16.7. The Morgan fingerprint density at radius 3 is 3.00 bits per heavy atom. The first-order chi connectivity index (χ1) is 10.0. The number of halogens is 2. The SMILES string of the molecule is C[C@H]1C[C@@H](C(=O)Nc2nc3cc(F)ccc3n2C)CCN1.Cl. The minimum Gasteiger partial charge on any atom is -0.314 e. The molecule has 22 heavy (non-hydrogen) atoms. The number of nitrogens with zero attached hydrogens (tertiary/aromatic N) is 2.